The van der Waals surface area contributed by atoms with Gasteiger partial charge in [-0.25, -0.2) is 0 Å². The van der Waals surface area contributed by atoms with E-state index in [-0.39, 0.29) is 10.8 Å². The van der Waals surface area contributed by atoms with E-state index in [1.807, 2.05) is 13.8 Å². The highest BCUT2D eigenvalue weighted by molar-refractivity contribution is 5.74. The molecule has 0 saturated heterocycles. The first-order valence-corrected chi connectivity index (χ1v) is 7.55. The van der Waals surface area contributed by atoms with Crippen molar-refractivity contribution in [3.8, 4) is 5.75 Å². The Balaban J connectivity index is 2.40. The second-order valence-corrected chi connectivity index (χ2v) is 7.19. The van der Waals surface area contributed by atoms with Gasteiger partial charge in [0.25, 0.3) is 0 Å². The van der Waals surface area contributed by atoms with E-state index in [9.17, 15) is 4.79 Å². The standard InChI is InChI=1S/C17H25N3O3/c1-16(2,10-19-20-18)11-22-12-17(3,4)13-23-15-7-5-14(9-21)6-8-15/h5-9H,10-13H2,1-4H3. The topological polar surface area (TPSA) is 84.3 Å². The molecular formula is C17H25N3O3. The first-order valence-electron chi connectivity index (χ1n) is 7.55. The van der Waals surface area contributed by atoms with E-state index in [0.29, 0.717) is 31.9 Å². The predicted molar refractivity (Wildman–Crippen MR) is 89.7 cm³/mol. The van der Waals surface area contributed by atoms with Gasteiger partial charge in [-0.3, -0.25) is 4.79 Å². The molecule has 0 fully saturated rings. The molecule has 1 aromatic rings. The Morgan fingerprint density at radius 3 is 2.26 bits per heavy atom. The summed E-state index contributed by atoms with van der Waals surface area (Å²) < 4.78 is 11.5. The van der Waals surface area contributed by atoms with Gasteiger partial charge >= 0.3 is 0 Å². The number of carbonyl (C=O) groups is 1. The Hall–Kier alpha value is -2.04. The van der Waals surface area contributed by atoms with Crippen LogP contribution in [0.3, 0.4) is 0 Å². The van der Waals surface area contributed by atoms with Crippen LogP contribution >= 0.6 is 0 Å². The lowest BCUT2D eigenvalue weighted by Crippen LogP contribution is -2.31. The molecule has 6 heteroatoms. The second kappa shape index (κ2) is 8.56. The van der Waals surface area contributed by atoms with Crippen molar-refractivity contribution in [2.45, 2.75) is 27.7 Å². The minimum Gasteiger partial charge on any atom is -0.493 e. The van der Waals surface area contributed by atoms with Crippen molar-refractivity contribution in [3.05, 3.63) is 40.3 Å². The Bertz CT molecular complexity index is 547. The molecule has 0 unspecified atom stereocenters. The summed E-state index contributed by atoms with van der Waals surface area (Å²) in [6.45, 7) is 10.1. The van der Waals surface area contributed by atoms with Gasteiger partial charge in [0.2, 0.25) is 0 Å². The van der Waals surface area contributed by atoms with E-state index in [1.165, 1.54) is 0 Å². The first-order chi connectivity index (χ1) is 10.8. The van der Waals surface area contributed by atoms with Gasteiger partial charge in [-0.15, -0.1) is 0 Å². The maximum Gasteiger partial charge on any atom is 0.150 e. The molecule has 0 bridgehead atoms. The van der Waals surface area contributed by atoms with Crippen LogP contribution in [0, 0.1) is 10.8 Å². The van der Waals surface area contributed by atoms with Crippen LogP contribution in [-0.4, -0.2) is 32.7 Å². The summed E-state index contributed by atoms with van der Waals surface area (Å²) in [7, 11) is 0. The number of hydrogen-bond donors (Lipinski definition) is 0. The molecule has 0 atom stereocenters. The lowest BCUT2D eigenvalue weighted by molar-refractivity contribution is 0.00107. The second-order valence-electron chi connectivity index (χ2n) is 7.19. The van der Waals surface area contributed by atoms with Crippen molar-refractivity contribution in [2.75, 3.05) is 26.4 Å². The minimum atomic E-state index is -0.187. The van der Waals surface area contributed by atoms with Crippen LogP contribution in [0.5, 0.6) is 5.75 Å². The zero-order chi connectivity index (χ0) is 17.3. The highest BCUT2D eigenvalue weighted by Gasteiger charge is 2.23. The molecule has 6 nitrogen and oxygen atoms in total. The molecule has 0 heterocycles. The Kier molecular flexibility index (Phi) is 7.07. The van der Waals surface area contributed by atoms with E-state index >= 15 is 0 Å². The average molecular weight is 319 g/mol. The average Bonchev–Trinajstić information content (AvgIpc) is 2.51. The van der Waals surface area contributed by atoms with Crippen LogP contribution in [0.15, 0.2) is 29.4 Å². The highest BCUT2D eigenvalue weighted by Crippen LogP contribution is 2.22. The van der Waals surface area contributed by atoms with Gasteiger partial charge in [0, 0.05) is 22.4 Å². The fraction of sp³-hybridized carbons (Fsp3) is 0.588. The quantitative estimate of drug-likeness (QED) is 0.279. The molecule has 126 valence electrons. The number of benzene rings is 1. The number of azide groups is 1. The predicted octanol–water partition coefficient (Wildman–Crippen LogP) is 4.26. The van der Waals surface area contributed by atoms with Gasteiger partial charge in [-0.1, -0.05) is 32.8 Å². The van der Waals surface area contributed by atoms with Gasteiger partial charge in [0.05, 0.1) is 19.8 Å². The van der Waals surface area contributed by atoms with Gasteiger partial charge in [0.1, 0.15) is 12.0 Å². The molecule has 0 N–H and O–H groups in total. The third kappa shape index (κ3) is 7.68. The van der Waals surface area contributed by atoms with Crippen molar-refractivity contribution in [2.24, 2.45) is 15.9 Å². The van der Waals surface area contributed by atoms with Crippen molar-refractivity contribution in [1.29, 1.82) is 0 Å². The van der Waals surface area contributed by atoms with Crippen LogP contribution in [0.2, 0.25) is 0 Å². The Morgan fingerprint density at radius 2 is 1.70 bits per heavy atom. The molecule has 0 aliphatic heterocycles. The fourth-order valence-electron chi connectivity index (χ4n) is 1.84. The molecule has 0 radical (unpaired) electrons. The van der Waals surface area contributed by atoms with Gasteiger partial charge in [-0.2, -0.15) is 0 Å². The van der Waals surface area contributed by atoms with Crippen LogP contribution < -0.4 is 4.74 Å². The minimum absolute atomic E-state index is 0.155. The van der Waals surface area contributed by atoms with Crippen molar-refractivity contribution >= 4 is 6.29 Å². The molecule has 23 heavy (non-hydrogen) atoms. The molecule has 1 rings (SSSR count). The molecule has 0 aliphatic rings. The Labute approximate surface area is 137 Å². The number of nitrogens with zero attached hydrogens (tertiary/aromatic N) is 3. The largest absolute Gasteiger partial charge is 0.493 e. The molecule has 1 aromatic carbocycles. The van der Waals surface area contributed by atoms with Crippen LogP contribution in [0.25, 0.3) is 10.4 Å². The third-order valence-corrected chi connectivity index (χ3v) is 3.19. The van der Waals surface area contributed by atoms with E-state index in [2.05, 4.69) is 23.9 Å². The number of rotatable bonds is 10. The monoisotopic (exact) mass is 319 g/mol. The number of aldehydes is 1. The van der Waals surface area contributed by atoms with E-state index < -0.39 is 0 Å². The summed E-state index contributed by atoms with van der Waals surface area (Å²) in [5, 5.41) is 3.60. The maximum absolute atomic E-state index is 10.6. The SMILES string of the molecule is CC(C)(CN=[N+]=[N-])COCC(C)(C)COc1ccc(C=O)cc1. The molecule has 0 amide bonds. The molecule has 0 aromatic heterocycles. The molecule has 0 spiro atoms. The number of ether oxygens (including phenoxy) is 2. The highest BCUT2D eigenvalue weighted by atomic mass is 16.5. The summed E-state index contributed by atoms with van der Waals surface area (Å²) in [6.07, 6.45) is 0.805. The summed E-state index contributed by atoms with van der Waals surface area (Å²) in [4.78, 5) is 13.4. The smallest absolute Gasteiger partial charge is 0.150 e. The summed E-state index contributed by atoms with van der Waals surface area (Å²) >= 11 is 0. The van der Waals surface area contributed by atoms with Crippen molar-refractivity contribution < 1.29 is 14.3 Å². The molecular weight excluding hydrogens is 294 g/mol. The zero-order valence-electron chi connectivity index (χ0n) is 14.3. The van der Waals surface area contributed by atoms with E-state index in [0.717, 1.165) is 12.0 Å². The lowest BCUT2D eigenvalue weighted by Gasteiger charge is -2.28. The summed E-state index contributed by atoms with van der Waals surface area (Å²) in [6, 6.07) is 7.02. The summed E-state index contributed by atoms with van der Waals surface area (Å²) in [5.41, 5.74) is 8.66. The van der Waals surface area contributed by atoms with Gasteiger partial charge in [0.15, 0.2) is 0 Å². The van der Waals surface area contributed by atoms with Crippen LogP contribution in [-0.2, 0) is 4.74 Å². The van der Waals surface area contributed by atoms with Crippen LogP contribution in [0.1, 0.15) is 38.1 Å². The fourth-order valence-corrected chi connectivity index (χ4v) is 1.84. The van der Waals surface area contributed by atoms with Gasteiger partial charge < -0.3 is 9.47 Å². The zero-order valence-corrected chi connectivity index (χ0v) is 14.3. The molecule has 0 aliphatic carbocycles. The summed E-state index contributed by atoms with van der Waals surface area (Å²) in [5.74, 6) is 0.729. The van der Waals surface area contributed by atoms with Crippen molar-refractivity contribution in [3.63, 3.8) is 0 Å². The molecule has 0 saturated carbocycles. The van der Waals surface area contributed by atoms with E-state index in [4.69, 9.17) is 15.0 Å². The van der Waals surface area contributed by atoms with Gasteiger partial charge in [-0.05, 0) is 35.2 Å². The lowest BCUT2D eigenvalue weighted by atomic mass is 9.94. The first kappa shape index (κ1) is 19.0. The van der Waals surface area contributed by atoms with Crippen LogP contribution in [0.4, 0.5) is 0 Å². The number of carbonyl (C=O) groups excluding carboxylic acids is 1. The maximum atomic E-state index is 10.6. The number of hydrogen-bond acceptors (Lipinski definition) is 4. The van der Waals surface area contributed by atoms with E-state index in [1.54, 1.807) is 24.3 Å². The normalized spacial score (nSPS) is 11.7. The third-order valence-electron chi connectivity index (χ3n) is 3.19. The Morgan fingerprint density at radius 1 is 1.09 bits per heavy atom. The van der Waals surface area contributed by atoms with Crippen molar-refractivity contribution in [1.82, 2.24) is 0 Å².